The van der Waals surface area contributed by atoms with E-state index in [9.17, 15) is 4.79 Å². The molecule has 0 unspecified atom stereocenters. The number of nitrogens with zero attached hydrogens (tertiary/aromatic N) is 1. The van der Waals surface area contributed by atoms with Gasteiger partial charge in [-0.05, 0) is 32.1 Å². The Labute approximate surface area is 123 Å². The highest BCUT2D eigenvalue weighted by Crippen LogP contribution is 2.30. The third kappa shape index (κ3) is 3.52. The van der Waals surface area contributed by atoms with Crippen LogP contribution in [0.25, 0.3) is 6.08 Å². The Kier molecular flexibility index (Phi) is 4.68. The molecule has 1 fully saturated rings. The van der Waals surface area contributed by atoms with E-state index in [0.29, 0.717) is 5.02 Å². The summed E-state index contributed by atoms with van der Waals surface area (Å²) in [6.45, 7) is 5.58. The molecule has 0 saturated carbocycles. The van der Waals surface area contributed by atoms with E-state index in [1.807, 2.05) is 26.0 Å². The van der Waals surface area contributed by atoms with Gasteiger partial charge in [0, 0.05) is 35.4 Å². The van der Waals surface area contributed by atoms with Crippen molar-refractivity contribution >= 4 is 29.3 Å². The lowest BCUT2D eigenvalue weighted by Gasteiger charge is -2.37. The van der Waals surface area contributed by atoms with E-state index in [-0.39, 0.29) is 12.2 Å². The van der Waals surface area contributed by atoms with Crippen LogP contribution in [0.15, 0.2) is 24.3 Å². The number of hydrogen-bond acceptors (Lipinski definition) is 3. The normalized spacial score (nSPS) is 23.2. The standard InChI is InChI=1S/C15H18ClNO3/c1-10-8-17(9-11(2)20-10)14-5-3-4-13(16)12(14)6-7-15(18)19/h3-7,10-11H,8-9H2,1-2H3,(H,18,19)/b7-6+/t10-,11+. The number of rotatable bonds is 3. The van der Waals surface area contributed by atoms with E-state index < -0.39 is 5.97 Å². The molecule has 108 valence electrons. The number of ether oxygens (including phenoxy) is 1. The van der Waals surface area contributed by atoms with Gasteiger partial charge in [-0.3, -0.25) is 0 Å². The monoisotopic (exact) mass is 295 g/mol. The van der Waals surface area contributed by atoms with Crippen molar-refractivity contribution in [3.63, 3.8) is 0 Å². The predicted molar refractivity (Wildman–Crippen MR) is 80.3 cm³/mol. The van der Waals surface area contributed by atoms with E-state index in [4.69, 9.17) is 21.4 Å². The molecule has 0 aromatic heterocycles. The van der Waals surface area contributed by atoms with Gasteiger partial charge in [0.25, 0.3) is 0 Å². The first-order valence-electron chi connectivity index (χ1n) is 6.57. The van der Waals surface area contributed by atoms with E-state index in [1.165, 1.54) is 0 Å². The van der Waals surface area contributed by atoms with Crippen molar-refractivity contribution in [2.45, 2.75) is 26.1 Å². The summed E-state index contributed by atoms with van der Waals surface area (Å²) in [7, 11) is 0. The molecule has 2 rings (SSSR count). The van der Waals surface area contributed by atoms with Crippen molar-refractivity contribution in [3.8, 4) is 0 Å². The molecular formula is C15H18ClNO3. The van der Waals surface area contributed by atoms with Crippen LogP contribution in [0.1, 0.15) is 19.4 Å². The minimum absolute atomic E-state index is 0.133. The fourth-order valence-electron chi connectivity index (χ4n) is 2.50. The van der Waals surface area contributed by atoms with E-state index in [2.05, 4.69) is 4.90 Å². The third-order valence-electron chi connectivity index (χ3n) is 3.18. The van der Waals surface area contributed by atoms with Gasteiger partial charge in [-0.25, -0.2) is 4.79 Å². The van der Waals surface area contributed by atoms with Gasteiger partial charge in [0.15, 0.2) is 0 Å². The number of morpholine rings is 1. The summed E-state index contributed by atoms with van der Waals surface area (Å²) >= 11 is 6.20. The third-order valence-corrected chi connectivity index (χ3v) is 3.51. The summed E-state index contributed by atoms with van der Waals surface area (Å²) in [5.74, 6) is -0.986. The highest BCUT2D eigenvalue weighted by Gasteiger charge is 2.24. The number of hydrogen-bond donors (Lipinski definition) is 1. The largest absolute Gasteiger partial charge is 0.478 e. The molecule has 20 heavy (non-hydrogen) atoms. The van der Waals surface area contributed by atoms with Gasteiger partial charge in [-0.1, -0.05) is 17.7 Å². The van der Waals surface area contributed by atoms with Gasteiger partial charge in [-0.15, -0.1) is 0 Å². The van der Waals surface area contributed by atoms with Gasteiger partial charge < -0.3 is 14.7 Å². The van der Waals surface area contributed by atoms with Crippen molar-refractivity contribution in [2.24, 2.45) is 0 Å². The van der Waals surface area contributed by atoms with Gasteiger partial charge in [-0.2, -0.15) is 0 Å². The second-order valence-corrected chi connectivity index (χ2v) is 5.41. The predicted octanol–water partition coefficient (Wildman–Crippen LogP) is 3.05. The molecule has 1 aromatic rings. The van der Waals surface area contributed by atoms with Crippen LogP contribution < -0.4 is 4.90 Å². The van der Waals surface area contributed by atoms with Gasteiger partial charge in [0.1, 0.15) is 0 Å². The lowest BCUT2D eigenvalue weighted by molar-refractivity contribution is -0.131. The average molecular weight is 296 g/mol. The lowest BCUT2D eigenvalue weighted by atomic mass is 10.1. The molecule has 1 saturated heterocycles. The molecule has 5 heteroatoms. The van der Waals surface area contributed by atoms with Crippen LogP contribution in [-0.4, -0.2) is 36.4 Å². The van der Waals surface area contributed by atoms with Crippen LogP contribution in [-0.2, 0) is 9.53 Å². The Morgan fingerprint density at radius 2 is 2.05 bits per heavy atom. The quantitative estimate of drug-likeness (QED) is 0.871. The van der Waals surface area contributed by atoms with Crippen molar-refractivity contribution in [1.29, 1.82) is 0 Å². The summed E-state index contributed by atoms with van der Waals surface area (Å²) in [6, 6.07) is 5.60. The molecule has 1 N–H and O–H groups in total. The maximum absolute atomic E-state index is 10.7. The fourth-order valence-corrected chi connectivity index (χ4v) is 2.73. The van der Waals surface area contributed by atoms with Gasteiger partial charge >= 0.3 is 5.97 Å². The van der Waals surface area contributed by atoms with E-state index >= 15 is 0 Å². The number of carboxylic acids is 1. The topological polar surface area (TPSA) is 49.8 Å². The molecular weight excluding hydrogens is 278 g/mol. The zero-order valence-electron chi connectivity index (χ0n) is 11.5. The molecule has 1 aliphatic rings. The van der Waals surface area contributed by atoms with Gasteiger partial charge in [0.05, 0.1) is 12.2 Å². The Morgan fingerprint density at radius 3 is 2.65 bits per heavy atom. The lowest BCUT2D eigenvalue weighted by Crippen LogP contribution is -2.45. The Balaban J connectivity index is 2.35. The number of halogens is 1. The highest BCUT2D eigenvalue weighted by molar-refractivity contribution is 6.32. The molecule has 2 atom stereocenters. The number of benzene rings is 1. The average Bonchev–Trinajstić information content (AvgIpc) is 2.35. The fraction of sp³-hybridized carbons (Fsp3) is 0.400. The summed E-state index contributed by atoms with van der Waals surface area (Å²) in [5, 5.41) is 9.34. The minimum atomic E-state index is -0.986. The van der Waals surface area contributed by atoms with Crippen molar-refractivity contribution in [1.82, 2.24) is 0 Å². The molecule has 1 heterocycles. The first-order chi connectivity index (χ1) is 9.47. The molecule has 0 spiro atoms. The summed E-state index contributed by atoms with van der Waals surface area (Å²) < 4.78 is 5.72. The zero-order chi connectivity index (χ0) is 14.7. The first kappa shape index (κ1) is 14.9. The van der Waals surface area contributed by atoms with Crippen LogP contribution in [0.4, 0.5) is 5.69 Å². The summed E-state index contributed by atoms with van der Waals surface area (Å²) in [5.41, 5.74) is 1.68. The minimum Gasteiger partial charge on any atom is -0.478 e. The second-order valence-electron chi connectivity index (χ2n) is 5.01. The second kappa shape index (κ2) is 6.29. The molecule has 4 nitrogen and oxygen atoms in total. The van der Waals surface area contributed by atoms with E-state index in [0.717, 1.165) is 30.4 Å². The van der Waals surface area contributed by atoms with Crippen LogP contribution in [0, 0.1) is 0 Å². The molecule has 0 radical (unpaired) electrons. The van der Waals surface area contributed by atoms with Crippen LogP contribution in [0.5, 0.6) is 0 Å². The smallest absolute Gasteiger partial charge is 0.328 e. The number of carboxylic acid groups (broad SMARTS) is 1. The van der Waals surface area contributed by atoms with Crippen molar-refractivity contribution < 1.29 is 14.6 Å². The number of anilines is 1. The van der Waals surface area contributed by atoms with Crippen molar-refractivity contribution in [2.75, 3.05) is 18.0 Å². The van der Waals surface area contributed by atoms with Crippen molar-refractivity contribution in [3.05, 3.63) is 34.9 Å². The molecule has 0 amide bonds. The zero-order valence-corrected chi connectivity index (χ0v) is 12.3. The molecule has 1 aromatic carbocycles. The Bertz CT molecular complexity index is 520. The van der Waals surface area contributed by atoms with Gasteiger partial charge in [0.2, 0.25) is 0 Å². The highest BCUT2D eigenvalue weighted by atomic mass is 35.5. The van der Waals surface area contributed by atoms with Crippen LogP contribution in [0.3, 0.4) is 0 Å². The van der Waals surface area contributed by atoms with E-state index in [1.54, 1.807) is 12.1 Å². The molecule has 1 aliphatic heterocycles. The maximum Gasteiger partial charge on any atom is 0.328 e. The van der Waals surface area contributed by atoms with Crippen LogP contribution >= 0.6 is 11.6 Å². The molecule has 0 bridgehead atoms. The Hall–Kier alpha value is -1.52. The summed E-state index contributed by atoms with van der Waals surface area (Å²) in [6.07, 6.45) is 2.92. The first-order valence-corrected chi connectivity index (χ1v) is 6.95. The number of carbonyl (C=O) groups is 1. The number of aliphatic carboxylic acids is 1. The summed E-state index contributed by atoms with van der Waals surface area (Å²) in [4.78, 5) is 12.9. The SMILES string of the molecule is C[C@@H]1CN(c2cccc(Cl)c2/C=C/C(=O)O)C[C@H](C)O1. The van der Waals surface area contributed by atoms with Crippen LogP contribution in [0.2, 0.25) is 5.02 Å². The molecule has 0 aliphatic carbocycles. The maximum atomic E-state index is 10.7. The Morgan fingerprint density at radius 1 is 1.40 bits per heavy atom.